The first kappa shape index (κ1) is 32.3. The van der Waals surface area contributed by atoms with E-state index in [9.17, 15) is 14.0 Å². The lowest BCUT2D eigenvalue weighted by molar-refractivity contribution is -0.143. The zero-order valence-corrected chi connectivity index (χ0v) is 26.8. The second-order valence-electron chi connectivity index (χ2n) is 11.0. The van der Waals surface area contributed by atoms with Crippen LogP contribution in [0.5, 0.6) is 0 Å². The summed E-state index contributed by atoms with van der Waals surface area (Å²) < 4.78 is 31.1. The van der Waals surface area contributed by atoms with Gasteiger partial charge < -0.3 is 24.0 Å². The van der Waals surface area contributed by atoms with Crippen molar-refractivity contribution in [2.75, 3.05) is 36.1 Å². The van der Waals surface area contributed by atoms with E-state index in [1.54, 1.807) is 26.0 Å². The summed E-state index contributed by atoms with van der Waals surface area (Å²) >= 11 is 0. The largest absolute Gasteiger partial charge is 0.463 e. The average molecular weight is 601 g/mol. The summed E-state index contributed by atoms with van der Waals surface area (Å²) in [7, 11) is 0. The van der Waals surface area contributed by atoms with Gasteiger partial charge >= 0.3 is 11.9 Å². The minimum Gasteiger partial charge on any atom is -0.463 e. The fraction of sp³-hybridized carbons (Fsp3) is 0.333. The van der Waals surface area contributed by atoms with Crippen LogP contribution >= 0.6 is 0 Å². The Kier molecular flexibility index (Phi) is 10.1. The maximum absolute atomic E-state index is 14.2. The van der Waals surface area contributed by atoms with Crippen molar-refractivity contribution in [1.82, 2.24) is 0 Å². The molecule has 0 radical (unpaired) electrons. The third kappa shape index (κ3) is 6.96. The second kappa shape index (κ2) is 13.8. The van der Waals surface area contributed by atoms with Crippen molar-refractivity contribution in [3.8, 4) is 0 Å². The van der Waals surface area contributed by atoms with E-state index in [2.05, 4.69) is 75.6 Å². The smallest absolute Gasteiger partial charge is 0.374 e. The number of hydrogen-bond acceptors (Lipinski definition) is 7. The summed E-state index contributed by atoms with van der Waals surface area (Å²) in [5, 5.41) is 0. The summed E-state index contributed by atoms with van der Waals surface area (Å²) in [6.07, 6.45) is 1.000. The van der Waals surface area contributed by atoms with Gasteiger partial charge in [0.2, 0.25) is 5.76 Å². The molecule has 1 fully saturated rings. The number of benzene rings is 3. The first-order valence-corrected chi connectivity index (χ1v) is 14.9. The molecule has 1 aliphatic heterocycles. The number of anilines is 2. The normalized spacial score (nSPS) is 13.3. The van der Waals surface area contributed by atoms with Gasteiger partial charge in [0.25, 0.3) is 0 Å². The van der Waals surface area contributed by atoms with Crippen LogP contribution in [0.1, 0.15) is 52.8 Å². The molecule has 8 heteroatoms. The lowest BCUT2D eigenvalue weighted by Crippen LogP contribution is -2.28. The molecule has 0 bridgehead atoms. The molecule has 0 aliphatic carbocycles. The minimum atomic E-state index is -0.817. The van der Waals surface area contributed by atoms with Crippen molar-refractivity contribution < 1.29 is 28.2 Å². The summed E-state index contributed by atoms with van der Waals surface area (Å²) in [6, 6.07) is 14.4. The van der Waals surface area contributed by atoms with Crippen LogP contribution in [-0.4, -0.2) is 38.2 Å². The van der Waals surface area contributed by atoms with Gasteiger partial charge in [-0.2, -0.15) is 0 Å². The molecule has 3 aromatic rings. The molecule has 3 aromatic carbocycles. The number of nitrogens with zero attached hydrogens (tertiary/aromatic N) is 2. The van der Waals surface area contributed by atoms with Gasteiger partial charge in [0.1, 0.15) is 5.82 Å². The first-order valence-electron chi connectivity index (χ1n) is 14.9. The molecule has 4 rings (SSSR count). The molecule has 0 unspecified atom stereocenters. The van der Waals surface area contributed by atoms with Crippen LogP contribution < -0.4 is 9.80 Å². The molecular weight excluding hydrogens is 559 g/mol. The molecule has 1 saturated heterocycles. The fourth-order valence-electron chi connectivity index (χ4n) is 6.00. The van der Waals surface area contributed by atoms with E-state index in [0.717, 1.165) is 50.8 Å². The van der Waals surface area contributed by atoms with Gasteiger partial charge in [-0.05, 0) is 102 Å². The highest BCUT2D eigenvalue weighted by Crippen LogP contribution is 2.42. The summed E-state index contributed by atoms with van der Waals surface area (Å²) in [6.45, 7) is 17.2. The van der Waals surface area contributed by atoms with Gasteiger partial charge in [-0.1, -0.05) is 35.4 Å². The van der Waals surface area contributed by atoms with Crippen LogP contribution in [0.3, 0.4) is 0 Å². The van der Waals surface area contributed by atoms with Gasteiger partial charge in [-0.3, -0.25) is 0 Å². The topological polar surface area (TPSA) is 68.3 Å². The number of carbonyl (C=O) groups is 2. The van der Waals surface area contributed by atoms with E-state index in [1.165, 1.54) is 12.1 Å². The van der Waals surface area contributed by atoms with E-state index in [1.807, 2.05) is 0 Å². The van der Waals surface area contributed by atoms with Crippen molar-refractivity contribution in [2.24, 2.45) is 0 Å². The Hall–Kier alpha value is -4.59. The molecule has 0 aromatic heterocycles. The third-order valence-corrected chi connectivity index (χ3v) is 7.40. The highest BCUT2D eigenvalue weighted by atomic mass is 19.1. The van der Waals surface area contributed by atoms with Crippen LogP contribution in [0.2, 0.25) is 0 Å². The zero-order valence-electron chi connectivity index (χ0n) is 26.8. The third-order valence-electron chi connectivity index (χ3n) is 7.40. The van der Waals surface area contributed by atoms with Crippen molar-refractivity contribution in [3.05, 3.63) is 111 Å². The highest BCUT2D eigenvalue weighted by molar-refractivity contribution is 5.96. The molecule has 0 saturated carbocycles. The maximum Gasteiger partial charge on any atom is 0.374 e. The van der Waals surface area contributed by atoms with E-state index in [-0.39, 0.29) is 24.7 Å². The average Bonchev–Trinajstić information content (AvgIpc) is 3.34. The maximum atomic E-state index is 14.2. The molecule has 1 heterocycles. The second-order valence-corrected chi connectivity index (χ2v) is 11.0. The molecule has 1 aliphatic rings. The Balaban J connectivity index is 2.08. The number of aryl methyl sites for hydroxylation is 6. The zero-order chi connectivity index (χ0) is 32.1. The predicted molar refractivity (Wildman–Crippen MR) is 172 cm³/mol. The van der Waals surface area contributed by atoms with Gasteiger partial charge in [0.15, 0.2) is 11.6 Å². The lowest BCUT2D eigenvalue weighted by atomic mass is 10.0. The summed E-state index contributed by atoms with van der Waals surface area (Å²) in [4.78, 5) is 30.1. The molecule has 44 heavy (non-hydrogen) atoms. The van der Waals surface area contributed by atoms with E-state index >= 15 is 0 Å². The van der Waals surface area contributed by atoms with Gasteiger partial charge in [0, 0.05) is 30.0 Å². The summed E-state index contributed by atoms with van der Waals surface area (Å²) in [5.41, 5.74) is 9.12. The Morgan fingerprint density at radius 3 is 1.64 bits per heavy atom. The lowest BCUT2D eigenvalue weighted by Gasteiger charge is -2.31. The van der Waals surface area contributed by atoms with E-state index in [0.29, 0.717) is 24.5 Å². The quantitative estimate of drug-likeness (QED) is 0.144. The van der Waals surface area contributed by atoms with Crippen molar-refractivity contribution in [3.63, 3.8) is 0 Å². The van der Waals surface area contributed by atoms with E-state index in [4.69, 9.17) is 14.2 Å². The Bertz CT molecular complexity index is 1510. The molecular formula is C36H41FN2O5. The standard InChI is InChI=1S/C36H41FN2O5/c1-9-42-31(40)21-30(36(41)43-10-2)44-34(28-11-13-29(37)14-12-28)35-38(32-24(5)17-22(3)18-25(32)6)15-16-39(35)33-26(7)19-23(4)20-27(33)8/h11-14,17-21H,9-10,15-16H2,1-8H3/b30-21+. The molecule has 0 N–H and O–H groups in total. The summed E-state index contributed by atoms with van der Waals surface area (Å²) in [5.74, 6) is -1.39. The monoisotopic (exact) mass is 600 g/mol. The highest BCUT2D eigenvalue weighted by Gasteiger charge is 2.36. The van der Waals surface area contributed by atoms with Crippen LogP contribution in [0, 0.1) is 47.4 Å². The van der Waals surface area contributed by atoms with Gasteiger partial charge in [-0.15, -0.1) is 0 Å². The van der Waals surface area contributed by atoms with Crippen LogP contribution in [0.25, 0.3) is 5.76 Å². The SMILES string of the molecule is CCOC(=O)/C=C(/OC(=C1N(c2c(C)cc(C)cc2C)CCN1c1c(C)cc(C)cc1C)c1ccc(F)cc1)C(=O)OCC. The number of esters is 2. The van der Waals surface area contributed by atoms with Crippen LogP contribution in [0.4, 0.5) is 15.8 Å². The Labute approximate surface area is 259 Å². The number of rotatable bonds is 9. The number of carbonyl (C=O) groups excluding carboxylic acids is 2. The molecule has 232 valence electrons. The number of ether oxygens (including phenoxy) is 3. The van der Waals surface area contributed by atoms with Crippen LogP contribution in [-0.2, 0) is 23.8 Å². The van der Waals surface area contributed by atoms with Crippen molar-refractivity contribution in [1.29, 1.82) is 0 Å². The predicted octanol–water partition coefficient (Wildman–Crippen LogP) is 7.36. The molecule has 0 amide bonds. The van der Waals surface area contributed by atoms with Crippen molar-refractivity contribution in [2.45, 2.75) is 55.4 Å². The minimum absolute atomic E-state index is 0.0760. The number of halogens is 1. The molecule has 0 atom stereocenters. The van der Waals surface area contributed by atoms with Crippen LogP contribution in [0.15, 0.2) is 66.2 Å². The molecule has 0 spiro atoms. The number of hydrogen-bond donors (Lipinski definition) is 0. The Morgan fingerprint density at radius 2 is 1.20 bits per heavy atom. The molecule has 7 nitrogen and oxygen atoms in total. The van der Waals surface area contributed by atoms with Crippen molar-refractivity contribution >= 4 is 29.1 Å². The fourth-order valence-corrected chi connectivity index (χ4v) is 6.00. The first-order chi connectivity index (χ1) is 20.9. The van der Waals surface area contributed by atoms with Gasteiger partial charge in [-0.25, -0.2) is 14.0 Å². The van der Waals surface area contributed by atoms with Gasteiger partial charge in [0.05, 0.1) is 19.3 Å². The Morgan fingerprint density at radius 1 is 0.750 bits per heavy atom. The van der Waals surface area contributed by atoms with E-state index < -0.39 is 17.8 Å².